The normalized spacial score (nSPS) is 46.2. The van der Waals surface area contributed by atoms with Gasteiger partial charge >= 0.3 is 0 Å². The largest absolute Gasteiger partial charge is 0.301 e. The number of nitrogens with zero attached hydrogens (tertiary/aromatic N) is 2. The molecule has 5 rings (SSSR count). The molecule has 2 bridgehead atoms. The van der Waals surface area contributed by atoms with Gasteiger partial charge in [-0.15, -0.1) is 0 Å². The van der Waals surface area contributed by atoms with Crippen molar-refractivity contribution in [3.05, 3.63) is 10.6 Å². The summed E-state index contributed by atoms with van der Waals surface area (Å²) in [5.74, 6) is 6.05. The van der Waals surface area contributed by atoms with Crippen molar-refractivity contribution in [3.63, 3.8) is 0 Å². The fourth-order valence-corrected chi connectivity index (χ4v) is 5.20. The SMILES string of the molecule is S=c1[nH]nc(C2C3C4CCC(C4)C23)n1C1CC1. The van der Waals surface area contributed by atoms with Crippen LogP contribution in [-0.4, -0.2) is 14.8 Å². The van der Waals surface area contributed by atoms with Gasteiger partial charge in [0, 0.05) is 12.0 Å². The van der Waals surface area contributed by atoms with Crippen molar-refractivity contribution in [2.24, 2.45) is 23.7 Å². The number of nitrogens with one attached hydrogen (secondary N) is 1. The minimum Gasteiger partial charge on any atom is -0.301 e. The van der Waals surface area contributed by atoms with Crippen LogP contribution in [0.4, 0.5) is 0 Å². The monoisotopic (exact) mass is 247 g/mol. The highest BCUT2D eigenvalue weighted by Crippen LogP contribution is 2.73. The van der Waals surface area contributed by atoms with Gasteiger partial charge in [0.1, 0.15) is 5.82 Å². The molecule has 1 aromatic heterocycles. The van der Waals surface area contributed by atoms with Crippen LogP contribution in [0, 0.1) is 28.4 Å². The highest BCUT2D eigenvalue weighted by Gasteiger charge is 2.66. The first-order valence-electron chi connectivity index (χ1n) is 7.01. The molecule has 0 saturated heterocycles. The summed E-state index contributed by atoms with van der Waals surface area (Å²) in [6.45, 7) is 0. The molecule has 1 N–H and O–H groups in total. The Hall–Kier alpha value is -0.640. The molecule has 0 radical (unpaired) electrons. The van der Waals surface area contributed by atoms with E-state index in [9.17, 15) is 0 Å². The molecule has 1 heterocycles. The van der Waals surface area contributed by atoms with E-state index >= 15 is 0 Å². The second-order valence-corrected chi connectivity index (χ2v) is 6.89. The molecule has 4 unspecified atom stereocenters. The van der Waals surface area contributed by atoms with E-state index in [2.05, 4.69) is 14.8 Å². The Kier molecular flexibility index (Phi) is 1.56. The van der Waals surface area contributed by atoms with Crippen LogP contribution in [0.25, 0.3) is 0 Å². The number of aromatic amines is 1. The zero-order valence-electron chi connectivity index (χ0n) is 9.80. The maximum Gasteiger partial charge on any atom is 0.195 e. The van der Waals surface area contributed by atoms with E-state index in [1.165, 1.54) is 37.9 Å². The molecular weight excluding hydrogens is 230 g/mol. The van der Waals surface area contributed by atoms with E-state index in [1.807, 2.05) is 0 Å². The topological polar surface area (TPSA) is 33.6 Å². The minimum atomic E-state index is 0.676. The van der Waals surface area contributed by atoms with Crippen LogP contribution in [-0.2, 0) is 0 Å². The van der Waals surface area contributed by atoms with E-state index in [4.69, 9.17) is 12.2 Å². The quantitative estimate of drug-likeness (QED) is 0.815. The molecule has 4 saturated carbocycles. The van der Waals surface area contributed by atoms with Gasteiger partial charge in [-0.2, -0.15) is 5.10 Å². The third-order valence-corrected chi connectivity index (χ3v) is 5.97. The van der Waals surface area contributed by atoms with Crippen LogP contribution < -0.4 is 0 Å². The molecule has 0 aromatic carbocycles. The molecule has 4 aliphatic carbocycles. The van der Waals surface area contributed by atoms with Gasteiger partial charge in [-0.05, 0) is 68.0 Å². The molecular formula is C13H17N3S. The fourth-order valence-electron chi connectivity index (χ4n) is 4.91. The van der Waals surface area contributed by atoms with Gasteiger partial charge < -0.3 is 4.57 Å². The van der Waals surface area contributed by atoms with Crippen molar-refractivity contribution in [3.8, 4) is 0 Å². The lowest BCUT2D eigenvalue weighted by Gasteiger charge is -2.09. The second-order valence-electron chi connectivity index (χ2n) is 6.50. The summed E-state index contributed by atoms with van der Waals surface area (Å²) in [5, 5.41) is 7.60. The maximum absolute atomic E-state index is 5.39. The average Bonchev–Trinajstić information content (AvgIpc) is 3.20. The van der Waals surface area contributed by atoms with E-state index in [1.54, 1.807) is 0 Å². The molecule has 90 valence electrons. The molecule has 4 aliphatic rings. The van der Waals surface area contributed by atoms with Crippen LogP contribution in [0.15, 0.2) is 0 Å². The lowest BCUT2D eigenvalue weighted by molar-refractivity contribution is 0.456. The summed E-state index contributed by atoms with van der Waals surface area (Å²) >= 11 is 5.39. The molecule has 0 aliphatic heterocycles. The number of aromatic nitrogens is 3. The first kappa shape index (κ1) is 9.31. The Balaban J connectivity index is 1.56. The van der Waals surface area contributed by atoms with Crippen molar-refractivity contribution in [1.82, 2.24) is 14.8 Å². The fraction of sp³-hybridized carbons (Fsp3) is 0.846. The van der Waals surface area contributed by atoms with Crippen LogP contribution in [0.5, 0.6) is 0 Å². The summed E-state index contributed by atoms with van der Waals surface area (Å²) in [6.07, 6.45) is 7.08. The third-order valence-electron chi connectivity index (χ3n) is 5.68. The number of H-pyrrole nitrogens is 1. The average molecular weight is 247 g/mol. The molecule has 4 atom stereocenters. The van der Waals surface area contributed by atoms with Gasteiger partial charge in [-0.25, -0.2) is 0 Å². The predicted octanol–water partition coefficient (Wildman–Crippen LogP) is 3.04. The van der Waals surface area contributed by atoms with Gasteiger partial charge in [0.05, 0.1) is 0 Å². The number of fused-ring (bicyclic) bond motifs is 5. The Bertz CT molecular complexity index is 525. The summed E-state index contributed by atoms with van der Waals surface area (Å²) in [7, 11) is 0. The molecule has 1 aromatic rings. The summed E-state index contributed by atoms with van der Waals surface area (Å²) < 4.78 is 3.21. The van der Waals surface area contributed by atoms with Crippen LogP contribution in [0.3, 0.4) is 0 Å². The highest BCUT2D eigenvalue weighted by molar-refractivity contribution is 7.71. The Morgan fingerprint density at radius 1 is 1.12 bits per heavy atom. The molecule has 17 heavy (non-hydrogen) atoms. The highest BCUT2D eigenvalue weighted by atomic mass is 32.1. The summed E-state index contributed by atoms with van der Waals surface area (Å²) in [4.78, 5) is 0. The van der Waals surface area contributed by atoms with Crippen molar-refractivity contribution in [2.45, 2.75) is 44.1 Å². The van der Waals surface area contributed by atoms with Gasteiger partial charge in [0.2, 0.25) is 0 Å². The molecule has 0 spiro atoms. The van der Waals surface area contributed by atoms with E-state index in [0.717, 1.165) is 34.4 Å². The van der Waals surface area contributed by atoms with Gasteiger partial charge in [0.15, 0.2) is 4.77 Å². The van der Waals surface area contributed by atoms with E-state index in [0.29, 0.717) is 6.04 Å². The second kappa shape index (κ2) is 2.85. The van der Waals surface area contributed by atoms with E-state index in [-0.39, 0.29) is 0 Å². The predicted molar refractivity (Wildman–Crippen MR) is 66.2 cm³/mol. The molecule has 0 amide bonds. The van der Waals surface area contributed by atoms with Crippen molar-refractivity contribution < 1.29 is 0 Å². The smallest absolute Gasteiger partial charge is 0.195 e. The molecule has 4 fully saturated rings. The number of hydrogen-bond donors (Lipinski definition) is 1. The lowest BCUT2D eigenvalue weighted by Crippen LogP contribution is -2.05. The standard InChI is InChI=1S/C13H17N3S/c17-13-15-14-12(16(13)8-3-4-8)11-9-6-1-2-7(5-6)10(9)11/h6-11H,1-5H2,(H,15,17). The minimum absolute atomic E-state index is 0.676. The first-order chi connectivity index (χ1) is 8.34. The molecule has 3 nitrogen and oxygen atoms in total. The third kappa shape index (κ3) is 1.08. The van der Waals surface area contributed by atoms with Gasteiger partial charge in [-0.3, -0.25) is 5.10 Å². The van der Waals surface area contributed by atoms with Crippen LogP contribution in [0.1, 0.15) is 49.9 Å². The van der Waals surface area contributed by atoms with Crippen LogP contribution in [0.2, 0.25) is 0 Å². The number of rotatable bonds is 2. The Labute approximate surface area is 106 Å². The van der Waals surface area contributed by atoms with Gasteiger partial charge in [-0.1, -0.05) is 0 Å². The Morgan fingerprint density at radius 3 is 2.47 bits per heavy atom. The van der Waals surface area contributed by atoms with Crippen molar-refractivity contribution >= 4 is 12.2 Å². The van der Waals surface area contributed by atoms with Crippen molar-refractivity contribution in [2.75, 3.05) is 0 Å². The van der Waals surface area contributed by atoms with Crippen molar-refractivity contribution in [1.29, 1.82) is 0 Å². The first-order valence-corrected chi connectivity index (χ1v) is 7.42. The van der Waals surface area contributed by atoms with E-state index < -0.39 is 0 Å². The zero-order valence-corrected chi connectivity index (χ0v) is 10.6. The number of hydrogen-bond acceptors (Lipinski definition) is 2. The summed E-state index contributed by atoms with van der Waals surface area (Å²) in [5.41, 5.74) is 0. The summed E-state index contributed by atoms with van der Waals surface area (Å²) in [6, 6.07) is 0.676. The lowest BCUT2D eigenvalue weighted by atomic mass is 10.0. The molecule has 4 heteroatoms. The Morgan fingerprint density at radius 2 is 1.82 bits per heavy atom. The zero-order chi connectivity index (χ0) is 11.1. The van der Waals surface area contributed by atoms with Gasteiger partial charge in [0.25, 0.3) is 0 Å². The maximum atomic E-state index is 5.39. The van der Waals surface area contributed by atoms with Crippen LogP contribution >= 0.6 is 12.2 Å².